The van der Waals surface area contributed by atoms with Gasteiger partial charge in [-0.2, -0.15) is 0 Å². The van der Waals surface area contributed by atoms with Crippen molar-refractivity contribution in [1.82, 2.24) is 15.1 Å². The Balaban J connectivity index is 1.61. The summed E-state index contributed by atoms with van der Waals surface area (Å²) in [7, 11) is 4.93. The highest BCUT2D eigenvalue weighted by atomic mass is 32.2. The van der Waals surface area contributed by atoms with Crippen molar-refractivity contribution < 1.29 is 48.7 Å². The lowest BCUT2D eigenvalue weighted by atomic mass is 9.44. The number of likely N-dealkylation sites (N-methyl/N-ethyl adjacent to an activating group) is 1. The van der Waals surface area contributed by atoms with Gasteiger partial charge in [-0.25, -0.2) is 4.79 Å². The van der Waals surface area contributed by atoms with Crippen LogP contribution < -0.4 is 19.5 Å². The van der Waals surface area contributed by atoms with Crippen molar-refractivity contribution in [1.29, 1.82) is 0 Å². The van der Waals surface area contributed by atoms with Gasteiger partial charge < -0.3 is 39.6 Å². The fraction of sp³-hybridized carbons (Fsp3) is 0.605. The molecule has 0 radical (unpaired) electrons. The first-order valence-electron chi connectivity index (χ1n) is 17.5. The standard InChI is InChI=1S/C38H49N3O10S/c1-15-13-19-23(26(45)27(15)48-11)37(8)32-24-30-22-21(25(44)29(49-12)16(2)28(22)50-18(4)43)31(41(24)38(9,47)34(40(32)10)36(19,37)7)35(5,6)51-33(46)20(14-52-30)39-17(3)42/h13,20,24,30-32,34,44-45,47H,14H2,1-12H3,(H,39,42)/t20?,24-,30?,31?,32?,34?,36-,37+,38+/m0/s1. The first-order chi connectivity index (χ1) is 24.1. The number of nitrogens with one attached hydrogen (secondary N) is 1. The number of hydrogen-bond acceptors (Lipinski definition) is 13. The Bertz CT molecular complexity index is 1950. The van der Waals surface area contributed by atoms with Gasteiger partial charge in [0.25, 0.3) is 0 Å². The molecule has 9 atom stereocenters. The normalized spacial score (nSPS) is 35.6. The van der Waals surface area contributed by atoms with Crippen LogP contribution >= 0.6 is 11.8 Å². The summed E-state index contributed by atoms with van der Waals surface area (Å²) in [5.41, 5.74) is -0.961. The predicted octanol–water partition coefficient (Wildman–Crippen LogP) is 3.63. The quantitative estimate of drug-likeness (QED) is 0.266. The molecule has 13 nitrogen and oxygen atoms in total. The van der Waals surface area contributed by atoms with E-state index in [-0.39, 0.29) is 28.8 Å². The van der Waals surface area contributed by atoms with E-state index in [0.717, 1.165) is 16.7 Å². The fourth-order valence-electron chi connectivity index (χ4n) is 11.3. The molecule has 5 unspecified atom stereocenters. The van der Waals surface area contributed by atoms with Crippen molar-refractivity contribution >= 4 is 29.6 Å². The Labute approximate surface area is 307 Å². The molecule has 1 amide bonds. The number of thioether (sulfide) groups is 1. The van der Waals surface area contributed by atoms with Gasteiger partial charge in [-0.1, -0.05) is 19.9 Å². The summed E-state index contributed by atoms with van der Waals surface area (Å²) < 4.78 is 23.8. The van der Waals surface area contributed by atoms with Crippen molar-refractivity contribution in [2.24, 2.45) is 0 Å². The summed E-state index contributed by atoms with van der Waals surface area (Å²) in [6.07, 6.45) is 0. The molecule has 3 saturated heterocycles. The van der Waals surface area contributed by atoms with Crippen LogP contribution in [0.5, 0.6) is 28.7 Å². The molecule has 2 aromatic rings. The third-order valence-electron chi connectivity index (χ3n) is 12.9. The second kappa shape index (κ2) is 11.4. The van der Waals surface area contributed by atoms with Crippen LogP contribution in [0.2, 0.25) is 0 Å². The minimum absolute atomic E-state index is 0.0570. The van der Waals surface area contributed by atoms with Crippen LogP contribution in [0.15, 0.2) is 6.07 Å². The van der Waals surface area contributed by atoms with Crippen LogP contribution in [0.4, 0.5) is 0 Å². The number of aliphatic hydroxyl groups is 1. The van der Waals surface area contributed by atoms with Crippen molar-refractivity contribution in [2.75, 3.05) is 27.0 Å². The predicted molar refractivity (Wildman–Crippen MR) is 192 cm³/mol. The molecule has 4 bridgehead atoms. The number of fused-ring (bicyclic) bond motifs is 11. The molecule has 3 fully saturated rings. The Morgan fingerprint density at radius 2 is 1.62 bits per heavy atom. The van der Waals surface area contributed by atoms with Crippen LogP contribution in [0.1, 0.15) is 93.1 Å². The first kappa shape index (κ1) is 36.6. The highest BCUT2D eigenvalue weighted by Gasteiger charge is 2.82. The molecule has 7 rings (SSSR count). The molecule has 52 heavy (non-hydrogen) atoms. The molecule has 0 saturated carbocycles. The van der Waals surface area contributed by atoms with E-state index in [9.17, 15) is 29.7 Å². The number of carbonyl (C=O) groups excluding carboxylic acids is 3. The largest absolute Gasteiger partial charge is 0.504 e. The molecule has 14 heteroatoms. The summed E-state index contributed by atoms with van der Waals surface area (Å²) >= 11 is 1.35. The lowest BCUT2D eigenvalue weighted by Crippen LogP contribution is -2.76. The number of carbonyl (C=O) groups is 3. The van der Waals surface area contributed by atoms with E-state index in [4.69, 9.17) is 18.9 Å². The van der Waals surface area contributed by atoms with Gasteiger partial charge in [-0.15, -0.1) is 11.8 Å². The number of aryl methyl sites for hydroxylation is 1. The third-order valence-corrected chi connectivity index (χ3v) is 14.3. The van der Waals surface area contributed by atoms with E-state index in [0.29, 0.717) is 22.4 Å². The molecule has 0 aromatic heterocycles. The molecule has 4 aliphatic heterocycles. The number of amides is 1. The second-order valence-electron chi connectivity index (χ2n) is 16.1. The van der Waals surface area contributed by atoms with Gasteiger partial charge >= 0.3 is 11.9 Å². The number of aromatic hydroxyl groups is 2. The van der Waals surface area contributed by atoms with E-state index in [1.807, 2.05) is 24.9 Å². The summed E-state index contributed by atoms with van der Waals surface area (Å²) in [5.74, 6) is -1.06. The fourth-order valence-corrected chi connectivity index (χ4v) is 12.8. The summed E-state index contributed by atoms with van der Waals surface area (Å²) in [4.78, 5) is 43.3. The summed E-state index contributed by atoms with van der Waals surface area (Å²) in [5, 5.41) is 39.6. The van der Waals surface area contributed by atoms with Crippen LogP contribution in [0, 0.1) is 13.8 Å². The van der Waals surface area contributed by atoms with Gasteiger partial charge in [-0.05, 0) is 52.8 Å². The van der Waals surface area contributed by atoms with Crippen LogP contribution in [0.3, 0.4) is 0 Å². The number of methoxy groups -OCH3 is 2. The SMILES string of the molecule is COc1c(C)cc2c(c1O)[C@]1(C)C3[C@@H]4C5SCC(NC(C)=O)C(=O)OC(C)(C)C(c6c(O)c(OC)c(C)c(OC(C)=O)c65)N4[C@](C)(O)C(N3C)[C@]21C. The van der Waals surface area contributed by atoms with Crippen molar-refractivity contribution in [3.8, 4) is 28.7 Å². The molecule has 282 valence electrons. The van der Waals surface area contributed by atoms with Gasteiger partial charge in [0.15, 0.2) is 23.0 Å². The minimum Gasteiger partial charge on any atom is -0.504 e. The van der Waals surface area contributed by atoms with Crippen LogP contribution in [0.25, 0.3) is 0 Å². The maximum Gasteiger partial charge on any atom is 0.330 e. The van der Waals surface area contributed by atoms with Gasteiger partial charge in [0.1, 0.15) is 23.1 Å². The maximum atomic E-state index is 13.9. The number of phenolic OH excluding ortho intramolecular Hbond substituents is 2. The zero-order valence-electron chi connectivity index (χ0n) is 31.8. The number of cyclic esters (lactones) is 1. The zero-order chi connectivity index (χ0) is 38.4. The molecular weight excluding hydrogens is 690 g/mol. The third kappa shape index (κ3) is 4.26. The van der Waals surface area contributed by atoms with Crippen molar-refractivity contribution in [3.63, 3.8) is 0 Å². The molecular formula is C38H49N3O10S. The Kier molecular flexibility index (Phi) is 8.03. The molecule has 4 heterocycles. The number of ether oxygens (including phenoxy) is 4. The lowest BCUT2D eigenvalue weighted by Gasteiger charge is -2.64. The Morgan fingerprint density at radius 3 is 2.19 bits per heavy atom. The van der Waals surface area contributed by atoms with Gasteiger partial charge in [-0.3, -0.25) is 19.4 Å². The number of phenols is 2. The average Bonchev–Trinajstić information content (AvgIpc) is 3.15. The summed E-state index contributed by atoms with van der Waals surface area (Å²) in [6.45, 7) is 15.7. The van der Waals surface area contributed by atoms with Crippen molar-refractivity contribution in [3.05, 3.63) is 39.4 Å². The maximum absolute atomic E-state index is 13.9. The molecule has 1 aliphatic carbocycles. The molecule has 2 aromatic carbocycles. The smallest absolute Gasteiger partial charge is 0.330 e. The number of piperazine rings is 1. The minimum atomic E-state index is -1.66. The Hall–Kier alpha value is -3.72. The Morgan fingerprint density at radius 1 is 0.981 bits per heavy atom. The van der Waals surface area contributed by atoms with Crippen molar-refractivity contribution in [2.45, 2.75) is 120 Å². The number of esters is 2. The summed E-state index contributed by atoms with van der Waals surface area (Å²) in [6, 6.07) is -1.58. The lowest BCUT2D eigenvalue weighted by molar-refractivity contribution is -0.247. The van der Waals surface area contributed by atoms with E-state index < -0.39 is 75.5 Å². The number of nitrogens with zero attached hydrogens (tertiary/aromatic N) is 2. The average molecular weight is 740 g/mol. The number of rotatable bonds is 4. The second-order valence-corrected chi connectivity index (χ2v) is 17.3. The van der Waals surface area contributed by atoms with E-state index in [2.05, 4.69) is 24.1 Å². The highest BCUT2D eigenvalue weighted by Crippen LogP contribution is 2.76. The topological polar surface area (TPSA) is 167 Å². The zero-order valence-corrected chi connectivity index (χ0v) is 32.6. The van der Waals surface area contributed by atoms with Crippen LogP contribution in [-0.4, -0.2) is 105 Å². The molecule has 5 aliphatic rings. The molecule has 4 N–H and O–H groups in total. The van der Waals surface area contributed by atoms with Gasteiger partial charge in [0.05, 0.1) is 31.6 Å². The first-order valence-corrected chi connectivity index (χ1v) is 18.6. The number of benzene rings is 2. The molecule has 0 spiro atoms. The van der Waals surface area contributed by atoms with E-state index >= 15 is 0 Å². The highest BCUT2D eigenvalue weighted by molar-refractivity contribution is 7.99. The monoisotopic (exact) mass is 739 g/mol. The van der Waals surface area contributed by atoms with Crippen LogP contribution in [-0.2, 0) is 30.0 Å². The van der Waals surface area contributed by atoms with E-state index in [1.54, 1.807) is 27.7 Å². The van der Waals surface area contributed by atoms with Gasteiger partial charge in [0.2, 0.25) is 5.91 Å². The van der Waals surface area contributed by atoms with E-state index in [1.165, 1.54) is 39.8 Å². The number of hydrogen-bond donors (Lipinski definition) is 4. The van der Waals surface area contributed by atoms with Gasteiger partial charge in [0, 0.05) is 64.8 Å².